The van der Waals surface area contributed by atoms with Crippen molar-refractivity contribution in [2.24, 2.45) is 0 Å². The molecule has 4 nitrogen and oxygen atoms in total. The van der Waals surface area contributed by atoms with Gasteiger partial charge in [0, 0.05) is 23.8 Å². The van der Waals surface area contributed by atoms with Gasteiger partial charge in [-0.05, 0) is 30.0 Å². The fraction of sp³-hybridized carbons (Fsp3) is 0.217. The summed E-state index contributed by atoms with van der Waals surface area (Å²) in [6.07, 6.45) is 3.31. The third-order valence-electron chi connectivity index (χ3n) is 4.59. The number of hydrogen-bond acceptors (Lipinski definition) is 3. The van der Waals surface area contributed by atoms with Crippen LogP contribution in [0.1, 0.15) is 41.3 Å². The summed E-state index contributed by atoms with van der Waals surface area (Å²) in [5, 5.41) is 7.31. The summed E-state index contributed by atoms with van der Waals surface area (Å²) in [5.41, 5.74) is 5.46. The maximum atomic E-state index is 12.7. The summed E-state index contributed by atoms with van der Waals surface area (Å²) < 4.78 is 0. The molecule has 0 saturated heterocycles. The molecular formula is C23H25N3O. The van der Waals surface area contributed by atoms with Gasteiger partial charge in [0.25, 0.3) is 5.91 Å². The van der Waals surface area contributed by atoms with Crippen molar-refractivity contribution in [3.63, 3.8) is 0 Å². The number of para-hydroxylation sites is 2. The van der Waals surface area contributed by atoms with Crippen LogP contribution in [-0.2, 0) is 0 Å². The zero-order chi connectivity index (χ0) is 19.4. The molecule has 2 aromatic carbocycles. The molecule has 0 aliphatic rings. The Hall–Kier alpha value is -3.14. The smallest absolute Gasteiger partial charge is 0.255 e. The third-order valence-corrected chi connectivity index (χ3v) is 4.59. The van der Waals surface area contributed by atoms with Gasteiger partial charge in [-0.2, -0.15) is 0 Å². The average molecular weight is 359 g/mol. The number of fused-ring (bicyclic) bond motifs is 1. The maximum Gasteiger partial charge on any atom is 0.255 e. The highest BCUT2D eigenvalue weighted by Gasteiger charge is 2.17. The van der Waals surface area contributed by atoms with Crippen molar-refractivity contribution in [1.82, 2.24) is 10.3 Å². The minimum absolute atomic E-state index is 0.171. The van der Waals surface area contributed by atoms with E-state index in [0.717, 1.165) is 27.8 Å². The normalized spacial score (nSPS) is 10.8. The Bertz CT molecular complexity index is 992. The molecule has 138 valence electrons. The van der Waals surface area contributed by atoms with Crippen molar-refractivity contribution in [3.05, 3.63) is 78.0 Å². The molecule has 3 rings (SSSR count). The molecule has 0 unspecified atom stereocenters. The highest BCUT2D eigenvalue weighted by Crippen LogP contribution is 2.33. The third kappa shape index (κ3) is 3.85. The van der Waals surface area contributed by atoms with Crippen molar-refractivity contribution in [1.29, 1.82) is 0 Å². The first-order valence-corrected chi connectivity index (χ1v) is 9.16. The van der Waals surface area contributed by atoms with Crippen molar-refractivity contribution in [3.8, 4) is 0 Å². The Labute approximate surface area is 160 Å². The summed E-state index contributed by atoms with van der Waals surface area (Å²) in [5.74, 6) is 0.192. The van der Waals surface area contributed by atoms with Gasteiger partial charge >= 0.3 is 0 Å². The van der Waals surface area contributed by atoms with E-state index in [-0.39, 0.29) is 5.91 Å². The number of nitrogens with one attached hydrogen (secondary N) is 2. The van der Waals surface area contributed by atoms with Crippen LogP contribution in [0.3, 0.4) is 0 Å². The zero-order valence-electron chi connectivity index (χ0n) is 16.0. The van der Waals surface area contributed by atoms with E-state index in [1.807, 2.05) is 43.3 Å². The van der Waals surface area contributed by atoms with E-state index in [1.54, 1.807) is 12.3 Å². The van der Waals surface area contributed by atoms with Gasteiger partial charge in [-0.25, -0.2) is 0 Å². The Balaban J connectivity index is 2.18. The largest absolute Gasteiger partial charge is 0.354 e. The van der Waals surface area contributed by atoms with E-state index in [1.165, 1.54) is 5.56 Å². The first kappa shape index (κ1) is 18.6. The van der Waals surface area contributed by atoms with E-state index in [4.69, 9.17) is 0 Å². The van der Waals surface area contributed by atoms with Crippen LogP contribution in [0.25, 0.3) is 10.9 Å². The van der Waals surface area contributed by atoms with Gasteiger partial charge in [0.05, 0.1) is 16.8 Å². The molecule has 0 atom stereocenters. The Morgan fingerprint density at radius 3 is 2.70 bits per heavy atom. The summed E-state index contributed by atoms with van der Waals surface area (Å²) in [4.78, 5) is 17.3. The lowest BCUT2D eigenvalue weighted by Gasteiger charge is -2.19. The molecule has 0 spiro atoms. The first-order chi connectivity index (χ1) is 13.0. The predicted octanol–water partition coefficient (Wildman–Crippen LogP) is 5.33. The number of aryl methyl sites for hydroxylation is 1. The topological polar surface area (TPSA) is 54.0 Å². The Morgan fingerprint density at radius 2 is 1.96 bits per heavy atom. The van der Waals surface area contributed by atoms with Gasteiger partial charge in [0.1, 0.15) is 0 Å². The summed E-state index contributed by atoms with van der Waals surface area (Å²) in [6, 6.07) is 14.2. The number of benzene rings is 2. The van der Waals surface area contributed by atoms with Gasteiger partial charge in [0.15, 0.2) is 0 Å². The zero-order valence-corrected chi connectivity index (χ0v) is 16.0. The van der Waals surface area contributed by atoms with Crippen molar-refractivity contribution in [2.75, 3.05) is 11.9 Å². The second-order valence-electron chi connectivity index (χ2n) is 6.88. The van der Waals surface area contributed by atoms with Crippen LogP contribution in [0, 0.1) is 6.92 Å². The lowest BCUT2D eigenvalue weighted by Crippen LogP contribution is -2.24. The van der Waals surface area contributed by atoms with E-state index in [2.05, 4.69) is 42.1 Å². The number of amides is 1. The van der Waals surface area contributed by atoms with Crippen LogP contribution in [0.4, 0.5) is 11.4 Å². The monoisotopic (exact) mass is 359 g/mol. The molecule has 4 heteroatoms. The minimum Gasteiger partial charge on any atom is -0.354 e. The van der Waals surface area contributed by atoms with Crippen LogP contribution in [0.5, 0.6) is 0 Å². The van der Waals surface area contributed by atoms with E-state index < -0.39 is 0 Å². The number of pyridine rings is 1. The highest BCUT2D eigenvalue weighted by atomic mass is 16.1. The van der Waals surface area contributed by atoms with Gasteiger partial charge in [0.2, 0.25) is 0 Å². The highest BCUT2D eigenvalue weighted by molar-refractivity contribution is 6.08. The number of carbonyl (C=O) groups excluding carboxylic acids is 1. The second-order valence-corrected chi connectivity index (χ2v) is 6.88. The van der Waals surface area contributed by atoms with Crippen LogP contribution in [-0.4, -0.2) is 17.4 Å². The number of nitrogens with zero attached hydrogens (tertiary/aromatic N) is 1. The number of aromatic nitrogens is 1. The fourth-order valence-electron chi connectivity index (χ4n) is 3.19. The molecule has 0 aliphatic heterocycles. The molecule has 0 bridgehead atoms. The molecular weight excluding hydrogens is 334 g/mol. The van der Waals surface area contributed by atoms with E-state index in [9.17, 15) is 4.79 Å². The Morgan fingerprint density at radius 1 is 1.19 bits per heavy atom. The first-order valence-electron chi connectivity index (χ1n) is 9.16. The van der Waals surface area contributed by atoms with Crippen LogP contribution >= 0.6 is 0 Å². The Kier molecular flexibility index (Phi) is 5.55. The molecule has 3 aromatic rings. The molecule has 1 amide bonds. The number of rotatable bonds is 6. The number of carbonyl (C=O) groups is 1. The summed E-state index contributed by atoms with van der Waals surface area (Å²) in [7, 11) is 0. The van der Waals surface area contributed by atoms with Crippen molar-refractivity contribution < 1.29 is 4.79 Å². The molecule has 0 saturated carbocycles. The summed E-state index contributed by atoms with van der Waals surface area (Å²) in [6.45, 7) is 10.4. The molecule has 2 N–H and O–H groups in total. The van der Waals surface area contributed by atoms with Gasteiger partial charge < -0.3 is 10.6 Å². The fourth-order valence-corrected chi connectivity index (χ4v) is 3.19. The van der Waals surface area contributed by atoms with Crippen LogP contribution in [0.2, 0.25) is 0 Å². The predicted molar refractivity (Wildman–Crippen MR) is 113 cm³/mol. The molecule has 1 aromatic heterocycles. The molecule has 27 heavy (non-hydrogen) atoms. The van der Waals surface area contributed by atoms with Gasteiger partial charge in [-0.3, -0.25) is 9.78 Å². The van der Waals surface area contributed by atoms with Crippen molar-refractivity contribution >= 4 is 28.2 Å². The van der Waals surface area contributed by atoms with Crippen molar-refractivity contribution in [2.45, 2.75) is 26.7 Å². The molecule has 0 fully saturated rings. The van der Waals surface area contributed by atoms with Crippen LogP contribution in [0.15, 0.2) is 61.3 Å². The second kappa shape index (κ2) is 8.04. The number of hydrogen-bond donors (Lipinski definition) is 2. The SMILES string of the molecule is C=CCNC(=O)c1cnc2c(C)cccc2c1Nc1ccccc1C(C)C. The molecule has 1 heterocycles. The van der Waals surface area contributed by atoms with E-state index >= 15 is 0 Å². The summed E-state index contributed by atoms with van der Waals surface area (Å²) >= 11 is 0. The lowest BCUT2D eigenvalue weighted by atomic mass is 10.00. The quantitative estimate of drug-likeness (QED) is 0.585. The van der Waals surface area contributed by atoms with Gasteiger partial charge in [-0.15, -0.1) is 6.58 Å². The average Bonchev–Trinajstić information content (AvgIpc) is 2.67. The van der Waals surface area contributed by atoms with E-state index in [0.29, 0.717) is 18.0 Å². The molecule has 0 radical (unpaired) electrons. The lowest BCUT2D eigenvalue weighted by molar-refractivity contribution is 0.0958. The van der Waals surface area contributed by atoms with Crippen LogP contribution < -0.4 is 10.6 Å². The minimum atomic E-state index is -0.171. The standard InChI is InChI=1S/C23H25N3O/c1-5-13-24-23(27)19-14-25-21-16(4)9-8-11-18(21)22(19)26-20-12-7-6-10-17(20)15(2)3/h5-12,14-15H,1,13H2,2-4H3,(H,24,27)(H,25,26). The van der Waals surface area contributed by atoms with Gasteiger partial charge in [-0.1, -0.05) is 56.3 Å². The number of anilines is 2. The maximum absolute atomic E-state index is 12.7. The molecule has 0 aliphatic carbocycles.